The number of halogens is 3. The number of benzene rings is 1. The van der Waals surface area contributed by atoms with Crippen molar-refractivity contribution in [2.24, 2.45) is 0 Å². The van der Waals surface area contributed by atoms with Crippen LogP contribution in [-0.4, -0.2) is 9.97 Å². The molecule has 0 saturated carbocycles. The average Bonchev–Trinajstić information content (AvgIpc) is 2.55. The quantitative estimate of drug-likeness (QED) is 0.828. The van der Waals surface area contributed by atoms with Gasteiger partial charge in [0.25, 0.3) is 6.43 Å². The second kappa shape index (κ2) is 3.77. The lowest BCUT2D eigenvalue weighted by Crippen LogP contribution is -1.90. The number of aromatic nitrogens is 2. The highest BCUT2D eigenvalue weighted by Gasteiger charge is 2.15. The number of H-pyrrole nitrogens is 1. The monoisotopic (exact) mass is 275 g/mol. The standard InChI is InChI=1S/C9H8BrF2N3/c10-3-4-1-5(8(11)12)7-6(2-4)14-9(13)15-7/h1-2,8H,3H2,(H3,13,14,15). The molecule has 0 spiro atoms. The van der Waals surface area contributed by atoms with E-state index in [1.165, 1.54) is 6.07 Å². The van der Waals surface area contributed by atoms with Crippen LogP contribution in [0.1, 0.15) is 17.6 Å². The van der Waals surface area contributed by atoms with E-state index in [9.17, 15) is 8.78 Å². The maximum Gasteiger partial charge on any atom is 0.266 e. The number of nitrogen functional groups attached to an aromatic ring is 1. The molecule has 0 radical (unpaired) electrons. The largest absolute Gasteiger partial charge is 0.369 e. The summed E-state index contributed by atoms with van der Waals surface area (Å²) in [6.45, 7) is 0. The molecule has 1 heterocycles. The lowest BCUT2D eigenvalue weighted by atomic mass is 10.1. The van der Waals surface area contributed by atoms with Crippen LogP contribution in [0.3, 0.4) is 0 Å². The van der Waals surface area contributed by atoms with Crippen molar-refractivity contribution in [1.29, 1.82) is 0 Å². The highest BCUT2D eigenvalue weighted by Crippen LogP contribution is 2.29. The number of hydrogen-bond acceptors (Lipinski definition) is 2. The number of fused-ring (bicyclic) bond motifs is 1. The van der Waals surface area contributed by atoms with Crippen LogP contribution in [0.25, 0.3) is 11.0 Å². The van der Waals surface area contributed by atoms with Crippen LogP contribution >= 0.6 is 15.9 Å². The fourth-order valence-corrected chi connectivity index (χ4v) is 1.79. The van der Waals surface area contributed by atoms with E-state index in [2.05, 4.69) is 25.9 Å². The summed E-state index contributed by atoms with van der Waals surface area (Å²) in [6.07, 6.45) is -2.55. The third kappa shape index (κ3) is 1.81. The van der Waals surface area contributed by atoms with Crippen molar-refractivity contribution < 1.29 is 8.78 Å². The van der Waals surface area contributed by atoms with Crippen LogP contribution in [-0.2, 0) is 5.33 Å². The van der Waals surface area contributed by atoms with Gasteiger partial charge in [-0.15, -0.1) is 0 Å². The second-order valence-electron chi connectivity index (χ2n) is 3.14. The van der Waals surface area contributed by atoms with Gasteiger partial charge in [0.15, 0.2) is 5.95 Å². The number of imidazole rings is 1. The third-order valence-electron chi connectivity index (χ3n) is 2.08. The molecule has 3 N–H and O–H groups in total. The van der Waals surface area contributed by atoms with E-state index in [0.29, 0.717) is 10.8 Å². The van der Waals surface area contributed by atoms with Gasteiger partial charge in [-0.3, -0.25) is 0 Å². The topological polar surface area (TPSA) is 54.7 Å². The van der Waals surface area contributed by atoms with Crippen LogP contribution in [0, 0.1) is 0 Å². The van der Waals surface area contributed by atoms with Crippen molar-refractivity contribution in [2.45, 2.75) is 11.8 Å². The van der Waals surface area contributed by atoms with Crippen LogP contribution in [0.2, 0.25) is 0 Å². The van der Waals surface area contributed by atoms with Gasteiger partial charge in [0, 0.05) is 10.9 Å². The Bertz CT molecular complexity index is 495. The van der Waals surface area contributed by atoms with Crippen molar-refractivity contribution in [3.63, 3.8) is 0 Å². The summed E-state index contributed by atoms with van der Waals surface area (Å²) < 4.78 is 25.4. The van der Waals surface area contributed by atoms with Gasteiger partial charge in [-0.1, -0.05) is 15.9 Å². The minimum absolute atomic E-state index is 0.0881. The molecule has 0 amide bonds. The molecule has 0 unspecified atom stereocenters. The van der Waals surface area contributed by atoms with E-state index < -0.39 is 6.43 Å². The molecule has 15 heavy (non-hydrogen) atoms. The molecule has 0 bridgehead atoms. The molecule has 6 heteroatoms. The second-order valence-corrected chi connectivity index (χ2v) is 3.70. The predicted molar refractivity (Wildman–Crippen MR) is 58.1 cm³/mol. The summed E-state index contributed by atoms with van der Waals surface area (Å²) in [4.78, 5) is 6.58. The highest BCUT2D eigenvalue weighted by molar-refractivity contribution is 9.08. The number of alkyl halides is 3. The van der Waals surface area contributed by atoms with Crippen LogP contribution in [0.15, 0.2) is 12.1 Å². The average molecular weight is 276 g/mol. The first-order chi connectivity index (χ1) is 7.11. The summed E-state index contributed by atoms with van der Waals surface area (Å²) in [6, 6.07) is 3.18. The minimum atomic E-state index is -2.55. The first kappa shape index (κ1) is 10.4. The molecule has 0 aliphatic heterocycles. The van der Waals surface area contributed by atoms with E-state index in [0.717, 1.165) is 5.56 Å². The van der Waals surface area contributed by atoms with Crippen LogP contribution in [0.5, 0.6) is 0 Å². The van der Waals surface area contributed by atoms with Gasteiger partial charge < -0.3 is 10.7 Å². The number of nitrogens with zero attached hydrogens (tertiary/aromatic N) is 1. The van der Waals surface area contributed by atoms with Gasteiger partial charge in [-0.25, -0.2) is 13.8 Å². The van der Waals surface area contributed by atoms with Gasteiger partial charge in [-0.2, -0.15) is 0 Å². The number of hydrogen-bond donors (Lipinski definition) is 2. The summed E-state index contributed by atoms with van der Waals surface area (Å²) in [5.74, 6) is 0.152. The van der Waals surface area contributed by atoms with Gasteiger partial charge in [0.05, 0.1) is 11.0 Å². The molecule has 0 atom stereocenters. The Balaban J connectivity index is 2.73. The first-order valence-electron chi connectivity index (χ1n) is 4.24. The zero-order valence-corrected chi connectivity index (χ0v) is 9.18. The Morgan fingerprint density at radius 1 is 1.47 bits per heavy atom. The lowest BCUT2D eigenvalue weighted by Gasteiger charge is -2.03. The highest BCUT2D eigenvalue weighted by atomic mass is 79.9. The van der Waals surface area contributed by atoms with Gasteiger partial charge in [0.2, 0.25) is 0 Å². The number of nitrogens with two attached hydrogens (primary N) is 1. The molecular weight excluding hydrogens is 268 g/mol. The Kier molecular flexibility index (Phi) is 2.60. The Morgan fingerprint density at radius 3 is 2.80 bits per heavy atom. The molecule has 0 fully saturated rings. The summed E-state index contributed by atoms with van der Waals surface area (Å²) in [7, 11) is 0. The first-order valence-corrected chi connectivity index (χ1v) is 5.36. The van der Waals surface area contributed by atoms with Crippen molar-refractivity contribution in [3.8, 4) is 0 Å². The molecule has 2 rings (SSSR count). The normalized spacial score (nSPS) is 11.5. The minimum Gasteiger partial charge on any atom is -0.369 e. The number of nitrogens with one attached hydrogen (secondary N) is 1. The van der Waals surface area contributed by atoms with Crippen LogP contribution < -0.4 is 5.73 Å². The van der Waals surface area contributed by atoms with E-state index in [-0.39, 0.29) is 17.0 Å². The lowest BCUT2D eigenvalue weighted by molar-refractivity contribution is 0.153. The molecule has 0 aliphatic rings. The zero-order valence-electron chi connectivity index (χ0n) is 7.60. The summed E-state index contributed by atoms with van der Waals surface area (Å²) in [5, 5.41) is 0.515. The molecule has 3 nitrogen and oxygen atoms in total. The van der Waals surface area contributed by atoms with Gasteiger partial charge >= 0.3 is 0 Å². The van der Waals surface area contributed by atoms with Crippen molar-refractivity contribution in [3.05, 3.63) is 23.3 Å². The number of rotatable bonds is 2. The number of aromatic amines is 1. The molecule has 80 valence electrons. The maximum absolute atomic E-state index is 12.7. The van der Waals surface area contributed by atoms with E-state index in [1.54, 1.807) is 6.07 Å². The van der Waals surface area contributed by atoms with Crippen molar-refractivity contribution in [1.82, 2.24) is 9.97 Å². The van der Waals surface area contributed by atoms with Crippen molar-refractivity contribution >= 4 is 32.9 Å². The Hall–Kier alpha value is -1.17. The van der Waals surface area contributed by atoms with Gasteiger partial charge in [0.1, 0.15) is 0 Å². The summed E-state index contributed by atoms with van der Waals surface area (Å²) in [5.41, 5.74) is 6.89. The van der Waals surface area contributed by atoms with Gasteiger partial charge in [-0.05, 0) is 17.7 Å². The van der Waals surface area contributed by atoms with Crippen molar-refractivity contribution in [2.75, 3.05) is 5.73 Å². The molecule has 1 aromatic carbocycles. The molecule has 2 aromatic rings. The zero-order chi connectivity index (χ0) is 11.0. The summed E-state index contributed by atoms with van der Waals surface area (Å²) >= 11 is 3.22. The predicted octanol–water partition coefficient (Wildman–Crippen LogP) is 2.98. The fourth-order valence-electron chi connectivity index (χ4n) is 1.47. The fraction of sp³-hybridized carbons (Fsp3) is 0.222. The Morgan fingerprint density at radius 2 is 2.20 bits per heavy atom. The smallest absolute Gasteiger partial charge is 0.266 e. The molecule has 0 saturated heterocycles. The maximum atomic E-state index is 12.7. The molecular formula is C9H8BrF2N3. The molecule has 0 aliphatic carbocycles. The third-order valence-corrected chi connectivity index (χ3v) is 2.73. The van der Waals surface area contributed by atoms with E-state index in [1.807, 2.05) is 0 Å². The Labute approximate surface area is 92.8 Å². The van der Waals surface area contributed by atoms with E-state index in [4.69, 9.17) is 5.73 Å². The number of anilines is 1. The molecule has 1 aromatic heterocycles. The van der Waals surface area contributed by atoms with Crippen LogP contribution in [0.4, 0.5) is 14.7 Å². The SMILES string of the molecule is Nc1nc2c(C(F)F)cc(CBr)cc2[nH]1. The van der Waals surface area contributed by atoms with E-state index >= 15 is 0 Å².